The Morgan fingerprint density at radius 1 is 1.29 bits per heavy atom. The first-order chi connectivity index (χ1) is 8.15. The largest absolute Gasteiger partial charge is 0.321 e. The van der Waals surface area contributed by atoms with Crippen molar-refractivity contribution in [3.8, 4) is 0 Å². The van der Waals surface area contributed by atoms with Crippen LogP contribution in [0.5, 0.6) is 0 Å². The molecule has 1 saturated heterocycles. The second-order valence-corrected chi connectivity index (χ2v) is 7.63. The zero-order valence-corrected chi connectivity index (χ0v) is 12.7. The Kier molecular flexibility index (Phi) is 6.70. The minimum atomic E-state index is 0.295. The minimum absolute atomic E-state index is 0.295. The molecule has 2 rings (SSSR count). The molecule has 0 saturated carbocycles. The van der Waals surface area contributed by atoms with Gasteiger partial charge in [-0.1, -0.05) is 51.1 Å². The van der Waals surface area contributed by atoms with Crippen LogP contribution in [-0.2, 0) is 4.79 Å². The molecule has 17 heavy (non-hydrogen) atoms. The van der Waals surface area contributed by atoms with Crippen LogP contribution in [-0.4, -0.2) is 23.8 Å². The summed E-state index contributed by atoms with van der Waals surface area (Å²) in [6.07, 6.45) is 1.07. The number of carbonyl (C=O) groups is 1. The molecular formula is C13H21NOP2. The summed E-state index contributed by atoms with van der Waals surface area (Å²) < 4.78 is 2.00. The summed E-state index contributed by atoms with van der Waals surface area (Å²) in [4.78, 5) is 11.2. The third-order valence-corrected chi connectivity index (χ3v) is 5.08. The summed E-state index contributed by atoms with van der Waals surface area (Å²) in [7, 11) is 1.65. The van der Waals surface area contributed by atoms with Crippen molar-refractivity contribution in [3.63, 3.8) is 0 Å². The maximum absolute atomic E-state index is 11.2. The van der Waals surface area contributed by atoms with Gasteiger partial charge in [-0.25, -0.2) is 0 Å². The van der Waals surface area contributed by atoms with Crippen molar-refractivity contribution < 1.29 is 4.79 Å². The average Bonchev–Trinajstić information content (AvgIpc) is 2.64. The molecule has 1 aromatic rings. The van der Waals surface area contributed by atoms with E-state index < -0.39 is 0 Å². The molecule has 1 amide bonds. The normalized spacial score (nSPS) is 20.3. The van der Waals surface area contributed by atoms with Gasteiger partial charge in [0.25, 0.3) is 0 Å². The van der Waals surface area contributed by atoms with Crippen LogP contribution in [0.25, 0.3) is 0 Å². The number of aryl methyl sites for hydroxylation is 1. The fourth-order valence-corrected chi connectivity index (χ4v) is 3.92. The van der Waals surface area contributed by atoms with E-state index in [1.165, 1.54) is 5.56 Å². The average molecular weight is 269 g/mol. The lowest BCUT2D eigenvalue weighted by molar-refractivity contribution is -0.126. The van der Waals surface area contributed by atoms with Crippen molar-refractivity contribution >= 4 is 22.6 Å². The number of rotatable bonds is 2. The second kappa shape index (κ2) is 7.80. The first-order valence-corrected chi connectivity index (χ1v) is 9.35. The molecule has 0 bridgehead atoms. The van der Waals surface area contributed by atoms with E-state index in [4.69, 9.17) is 0 Å². The summed E-state index contributed by atoms with van der Waals surface area (Å²) >= 11 is 0. The van der Waals surface area contributed by atoms with E-state index in [0.717, 1.165) is 29.7 Å². The third-order valence-electron chi connectivity index (χ3n) is 2.66. The van der Waals surface area contributed by atoms with E-state index >= 15 is 0 Å². The van der Waals surface area contributed by atoms with Crippen LogP contribution in [0.3, 0.4) is 0 Å². The van der Waals surface area contributed by atoms with Crippen LogP contribution >= 0.6 is 16.7 Å². The van der Waals surface area contributed by atoms with Gasteiger partial charge in [-0.2, -0.15) is 0 Å². The van der Waals surface area contributed by atoms with Gasteiger partial charge in [0.1, 0.15) is 0 Å². The van der Waals surface area contributed by atoms with Crippen LogP contribution in [0.15, 0.2) is 30.3 Å². The lowest BCUT2D eigenvalue weighted by Crippen LogP contribution is -2.16. The maximum atomic E-state index is 11.2. The second-order valence-electron chi connectivity index (χ2n) is 4.20. The Bertz CT molecular complexity index is 341. The maximum Gasteiger partial charge on any atom is 0.228 e. The van der Waals surface area contributed by atoms with Crippen LogP contribution in [0.1, 0.15) is 18.9 Å². The monoisotopic (exact) mass is 269 g/mol. The van der Waals surface area contributed by atoms with Gasteiger partial charge in [0.15, 0.2) is 0 Å². The summed E-state index contributed by atoms with van der Waals surface area (Å²) in [6.45, 7) is 7.25. The zero-order chi connectivity index (χ0) is 12.7. The highest BCUT2D eigenvalue weighted by Gasteiger charge is 2.26. The highest BCUT2D eigenvalue weighted by molar-refractivity contribution is 8.10. The molecule has 1 aliphatic rings. The van der Waals surface area contributed by atoms with Gasteiger partial charge in [-0.05, 0) is 20.0 Å². The van der Waals surface area contributed by atoms with E-state index in [9.17, 15) is 4.79 Å². The van der Waals surface area contributed by atoms with Crippen molar-refractivity contribution in [1.29, 1.82) is 0 Å². The molecule has 0 spiro atoms. The Hall–Kier alpha value is -0.450. The van der Waals surface area contributed by atoms with E-state index in [2.05, 4.69) is 25.7 Å². The number of hydrogen-bond acceptors (Lipinski definition) is 1. The van der Waals surface area contributed by atoms with E-state index in [1.54, 1.807) is 0 Å². The Labute approximate surface area is 108 Å². The smallest absolute Gasteiger partial charge is 0.228 e. The van der Waals surface area contributed by atoms with Gasteiger partial charge < -0.3 is 4.67 Å². The quantitative estimate of drug-likeness (QED) is 0.750. The summed E-state index contributed by atoms with van der Waals surface area (Å²) in [6, 6.07) is 10.3. The Balaban J connectivity index is 0.000000181. The topological polar surface area (TPSA) is 20.3 Å². The third kappa shape index (κ3) is 5.15. The van der Waals surface area contributed by atoms with Gasteiger partial charge >= 0.3 is 0 Å². The van der Waals surface area contributed by atoms with Gasteiger partial charge in [0, 0.05) is 20.9 Å². The van der Waals surface area contributed by atoms with Crippen molar-refractivity contribution in [2.45, 2.75) is 20.3 Å². The molecular weight excluding hydrogens is 248 g/mol. The zero-order valence-electron chi connectivity index (χ0n) is 10.7. The van der Waals surface area contributed by atoms with Crippen molar-refractivity contribution in [3.05, 3.63) is 35.9 Å². The fourth-order valence-electron chi connectivity index (χ4n) is 1.60. The van der Waals surface area contributed by atoms with E-state index in [-0.39, 0.29) is 0 Å². The fraction of sp³-hybridized carbons (Fsp3) is 0.462. The first-order valence-electron chi connectivity index (χ1n) is 5.90. The molecule has 0 N–H and O–H groups in total. The van der Waals surface area contributed by atoms with E-state index in [0.29, 0.717) is 11.8 Å². The predicted octanol–water partition coefficient (Wildman–Crippen LogP) is 3.67. The number of hydrogen-bond donors (Lipinski definition) is 0. The number of nitrogens with zero attached hydrogens (tertiary/aromatic N) is 1. The van der Waals surface area contributed by atoms with Crippen LogP contribution in [0, 0.1) is 12.8 Å². The van der Waals surface area contributed by atoms with Crippen molar-refractivity contribution in [1.82, 2.24) is 4.67 Å². The SMILES string of the molecule is CPPN1CCC(C)C1=O.Cc1ccccc1. The molecule has 1 aromatic carbocycles. The standard InChI is InChI=1S/C7H8.C6H13NOP2/c1-7-5-3-2-4-6-7;1-5-3-4-7(6(5)8)10-9-2/h2-6H,1H3;5,9-10H,3-4H2,1-2H3. The predicted molar refractivity (Wildman–Crippen MR) is 79.2 cm³/mol. The molecule has 0 radical (unpaired) electrons. The van der Waals surface area contributed by atoms with Crippen LogP contribution in [0.4, 0.5) is 0 Å². The summed E-state index contributed by atoms with van der Waals surface area (Å²) in [5.41, 5.74) is 1.32. The lowest BCUT2D eigenvalue weighted by Gasteiger charge is -2.13. The molecule has 2 nitrogen and oxygen atoms in total. The molecule has 1 heterocycles. The molecule has 0 aliphatic carbocycles. The van der Waals surface area contributed by atoms with Crippen molar-refractivity contribution in [2.24, 2.45) is 5.92 Å². The Morgan fingerprint density at radius 2 is 1.94 bits per heavy atom. The van der Waals surface area contributed by atoms with Crippen molar-refractivity contribution in [2.75, 3.05) is 13.2 Å². The highest BCUT2D eigenvalue weighted by Crippen LogP contribution is 2.40. The molecule has 3 atom stereocenters. The summed E-state index contributed by atoms with van der Waals surface area (Å²) in [5, 5.41) is 0. The Morgan fingerprint density at radius 3 is 2.29 bits per heavy atom. The van der Waals surface area contributed by atoms with E-state index in [1.807, 2.05) is 29.8 Å². The molecule has 1 aliphatic heterocycles. The molecule has 94 valence electrons. The number of benzene rings is 1. The molecule has 0 aromatic heterocycles. The highest BCUT2D eigenvalue weighted by atomic mass is 32.0. The summed E-state index contributed by atoms with van der Waals surface area (Å²) in [5.74, 6) is 0.663. The van der Waals surface area contributed by atoms with Gasteiger partial charge in [0.2, 0.25) is 5.91 Å². The molecule has 3 unspecified atom stereocenters. The first kappa shape index (κ1) is 14.6. The number of carbonyl (C=O) groups excluding carboxylic acids is 1. The van der Waals surface area contributed by atoms with Gasteiger partial charge in [-0.15, -0.1) is 0 Å². The van der Waals surface area contributed by atoms with Gasteiger partial charge in [0.05, 0.1) is 0 Å². The minimum Gasteiger partial charge on any atom is -0.321 e. The molecule has 1 fully saturated rings. The lowest BCUT2D eigenvalue weighted by atomic mass is 10.1. The van der Waals surface area contributed by atoms with Crippen LogP contribution < -0.4 is 0 Å². The van der Waals surface area contributed by atoms with Crippen LogP contribution in [0.2, 0.25) is 0 Å². The number of amides is 1. The molecule has 4 heteroatoms. The van der Waals surface area contributed by atoms with Gasteiger partial charge in [-0.3, -0.25) is 4.79 Å².